The predicted octanol–water partition coefficient (Wildman–Crippen LogP) is 0.404. The molecule has 1 N–H and O–H groups in total. The normalized spacial score (nSPS) is 21.6. The van der Waals surface area contributed by atoms with E-state index in [1.165, 1.54) is 0 Å². The summed E-state index contributed by atoms with van der Waals surface area (Å²) in [6.07, 6.45) is 1.74. The van der Waals surface area contributed by atoms with E-state index in [4.69, 9.17) is 9.47 Å². The second kappa shape index (κ2) is 9.50. The van der Waals surface area contributed by atoms with Crippen molar-refractivity contribution < 1.29 is 23.9 Å². The Labute approximate surface area is 161 Å². The molecule has 8 heteroatoms. The van der Waals surface area contributed by atoms with Crippen LogP contribution >= 0.6 is 0 Å². The van der Waals surface area contributed by atoms with Crippen LogP contribution in [0.15, 0.2) is 0 Å². The Hall–Kier alpha value is -1.67. The molecule has 2 fully saturated rings. The number of hydrogen-bond donors (Lipinski definition) is 1. The van der Waals surface area contributed by atoms with Crippen LogP contribution in [0, 0.1) is 5.92 Å². The second-order valence-electron chi connectivity index (χ2n) is 8.29. The molecule has 0 aromatic rings. The van der Waals surface area contributed by atoms with Crippen molar-refractivity contribution in [3.8, 4) is 0 Å². The van der Waals surface area contributed by atoms with Gasteiger partial charge >= 0.3 is 0 Å². The van der Waals surface area contributed by atoms with E-state index in [1.54, 1.807) is 12.0 Å². The van der Waals surface area contributed by atoms with Crippen LogP contribution in [-0.2, 0) is 23.9 Å². The van der Waals surface area contributed by atoms with Gasteiger partial charge < -0.3 is 24.6 Å². The Morgan fingerprint density at radius 2 is 1.85 bits per heavy atom. The molecule has 1 unspecified atom stereocenters. The lowest BCUT2D eigenvalue weighted by Gasteiger charge is -2.35. The first-order valence-electron chi connectivity index (χ1n) is 9.67. The summed E-state index contributed by atoms with van der Waals surface area (Å²) >= 11 is 0. The number of ether oxygens (including phenoxy) is 2. The van der Waals surface area contributed by atoms with Crippen LogP contribution in [0.25, 0.3) is 0 Å². The second-order valence-corrected chi connectivity index (χ2v) is 8.29. The number of methoxy groups -OCH3 is 1. The zero-order valence-electron chi connectivity index (χ0n) is 17.0. The van der Waals surface area contributed by atoms with E-state index in [9.17, 15) is 14.4 Å². The van der Waals surface area contributed by atoms with Crippen molar-refractivity contribution in [1.82, 2.24) is 15.1 Å². The molecular formula is C19H33N3O5. The highest BCUT2D eigenvalue weighted by molar-refractivity contribution is 5.89. The van der Waals surface area contributed by atoms with E-state index >= 15 is 0 Å². The monoisotopic (exact) mass is 383 g/mol. The van der Waals surface area contributed by atoms with Gasteiger partial charge in [-0.2, -0.15) is 0 Å². The number of amides is 3. The maximum atomic E-state index is 12.8. The van der Waals surface area contributed by atoms with E-state index in [0.29, 0.717) is 39.3 Å². The zero-order valence-corrected chi connectivity index (χ0v) is 17.0. The van der Waals surface area contributed by atoms with Crippen molar-refractivity contribution in [3.63, 3.8) is 0 Å². The third kappa shape index (κ3) is 6.17. The molecule has 3 amide bonds. The molecule has 0 aromatic carbocycles. The number of nitrogens with zero attached hydrogens (tertiary/aromatic N) is 2. The third-order valence-corrected chi connectivity index (χ3v) is 5.12. The quantitative estimate of drug-likeness (QED) is 0.643. The fourth-order valence-corrected chi connectivity index (χ4v) is 3.60. The van der Waals surface area contributed by atoms with E-state index in [-0.39, 0.29) is 41.8 Å². The van der Waals surface area contributed by atoms with Crippen LogP contribution < -0.4 is 5.32 Å². The number of carbonyl (C=O) groups is 3. The third-order valence-electron chi connectivity index (χ3n) is 5.12. The molecule has 0 saturated carbocycles. The van der Waals surface area contributed by atoms with Crippen LogP contribution in [0.1, 0.15) is 40.0 Å². The summed E-state index contributed by atoms with van der Waals surface area (Å²) in [7, 11) is 1.58. The molecule has 0 aliphatic carbocycles. The SMILES string of the molecule is COCCOCC(=O)NC1CCN(C(=O)C2CC(=O)N(C(C)(C)C)C2)CC1. The minimum absolute atomic E-state index is 0.0231. The summed E-state index contributed by atoms with van der Waals surface area (Å²) in [5.74, 6) is -0.283. The van der Waals surface area contributed by atoms with E-state index in [1.807, 2.05) is 25.7 Å². The van der Waals surface area contributed by atoms with Crippen molar-refractivity contribution in [3.05, 3.63) is 0 Å². The summed E-state index contributed by atoms with van der Waals surface area (Å²) in [6, 6.07) is 0.0591. The maximum absolute atomic E-state index is 12.8. The van der Waals surface area contributed by atoms with Gasteiger partial charge in [-0.25, -0.2) is 0 Å². The molecule has 0 aromatic heterocycles. The van der Waals surface area contributed by atoms with Gasteiger partial charge in [0.2, 0.25) is 17.7 Å². The van der Waals surface area contributed by atoms with Gasteiger partial charge in [0, 0.05) is 44.7 Å². The number of nitrogens with one attached hydrogen (secondary N) is 1. The molecule has 2 heterocycles. The zero-order chi connectivity index (χ0) is 20.0. The smallest absolute Gasteiger partial charge is 0.246 e. The van der Waals surface area contributed by atoms with Crippen LogP contribution in [0.3, 0.4) is 0 Å². The minimum Gasteiger partial charge on any atom is -0.382 e. The fraction of sp³-hybridized carbons (Fsp3) is 0.842. The molecule has 0 bridgehead atoms. The average Bonchev–Trinajstić information content (AvgIpc) is 3.01. The van der Waals surface area contributed by atoms with Gasteiger partial charge in [0.15, 0.2) is 0 Å². The average molecular weight is 383 g/mol. The first-order valence-corrected chi connectivity index (χ1v) is 9.67. The molecule has 27 heavy (non-hydrogen) atoms. The lowest BCUT2D eigenvalue weighted by molar-refractivity contribution is -0.137. The van der Waals surface area contributed by atoms with Crippen LogP contribution in [0.2, 0.25) is 0 Å². The predicted molar refractivity (Wildman–Crippen MR) is 100 cm³/mol. The van der Waals surface area contributed by atoms with Gasteiger partial charge in [0.1, 0.15) is 6.61 Å². The van der Waals surface area contributed by atoms with E-state index < -0.39 is 0 Å². The molecular weight excluding hydrogens is 350 g/mol. The Kier molecular flexibility index (Phi) is 7.61. The van der Waals surface area contributed by atoms with Crippen molar-refractivity contribution in [1.29, 1.82) is 0 Å². The van der Waals surface area contributed by atoms with Crippen molar-refractivity contribution in [2.45, 2.75) is 51.6 Å². The number of rotatable bonds is 7. The molecule has 1 atom stereocenters. The number of likely N-dealkylation sites (tertiary alicyclic amines) is 2. The van der Waals surface area contributed by atoms with Crippen molar-refractivity contribution in [2.24, 2.45) is 5.92 Å². The Balaban J connectivity index is 1.73. The van der Waals surface area contributed by atoms with Crippen molar-refractivity contribution in [2.75, 3.05) is 46.6 Å². The molecule has 2 aliphatic rings. The Morgan fingerprint density at radius 3 is 2.41 bits per heavy atom. The summed E-state index contributed by atoms with van der Waals surface area (Å²) < 4.78 is 10.1. The lowest BCUT2D eigenvalue weighted by atomic mass is 10.0. The fourth-order valence-electron chi connectivity index (χ4n) is 3.60. The molecule has 2 saturated heterocycles. The first-order chi connectivity index (χ1) is 12.7. The highest BCUT2D eigenvalue weighted by Crippen LogP contribution is 2.27. The highest BCUT2D eigenvalue weighted by Gasteiger charge is 2.41. The number of carbonyl (C=O) groups excluding carboxylic acids is 3. The van der Waals surface area contributed by atoms with Gasteiger partial charge in [-0.15, -0.1) is 0 Å². The van der Waals surface area contributed by atoms with E-state index in [2.05, 4.69) is 5.32 Å². The minimum atomic E-state index is -0.255. The van der Waals surface area contributed by atoms with Gasteiger partial charge in [-0.05, 0) is 33.6 Å². The molecule has 8 nitrogen and oxygen atoms in total. The summed E-state index contributed by atoms with van der Waals surface area (Å²) in [5.41, 5.74) is -0.255. The summed E-state index contributed by atoms with van der Waals surface area (Å²) in [4.78, 5) is 40.5. The van der Waals surface area contributed by atoms with Crippen molar-refractivity contribution >= 4 is 17.7 Å². The van der Waals surface area contributed by atoms with Gasteiger partial charge in [-0.1, -0.05) is 0 Å². The molecule has 0 spiro atoms. The highest BCUT2D eigenvalue weighted by atomic mass is 16.5. The van der Waals surface area contributed by atoms with E-state index in [0.717, 1.165) is 12.8 Å². The van der Waals surface area contributed by atoms with Gasteiger partial charge in [-0.3, -0.25) is 14.4 Å². The largest absolute Gasteiger partial charge is 0.382 e. The summed E-state index contributed by atoms with van der Waals surface area (Å²) in [6.45, 7) is 8.56. The first kappa shape index (κ1) is 21.6. The van der Waals surface area contributed by atoms with Gasteiger partial charge in [0.05, 0.1) is 19.1 Å². The lowest BCUT2D eigenvalue weighted by Crippen LogP contribution is -2.49. The topological polar surface area (TPSA) is 88.2 Å². The van der Waals surface area contributed by atoms with Crippen LogP contribution in [-0.4, -0.2) is 85.7 Å². The van der Waals surface area contributed by atoms with Crippen LogP contribution in [0.4, 0.5) is 0 Å². The van der Waals surface area contributed by atoms with Crippen LogP contribution in [0.5, 0.6) is 0 Å². The summed E-state index contributed by atoms with van der Waals surface area (Å²) in [5, 5.41) is 2.95. The number of hydrogen-bond acceptors (Lipinski definition) is 5. The maximum Gasteiger partial charge on any atom is 0.246 e. The Bertz CT molecular complexity index is 538. The molecule has 0 radical (unpaired) electrons. The number of piperidine rings is 1. The Morgan fingerprint density at radius 1 is 1.19 bits per heavy atom. The van der Waals surface area contributed by atoms with Gasteiger partial charge in [0.25, 0.3) is 0 Å². The molecule has 2 rings (SSSR count). The molecule has 2 aliphatic heterocycles. The standard InChI is InChI=1S/C19H33N3O5/c1-19(2,3)22-12-14(11-17(22)24)18(25)21-7-5-15(6-8-21)20-16(23)13-27-10-9-26-4/h14-15H,5-13H2,1-4H3,(H,20,23). The molecule has 154 valence electrons.